The maximum Gasteiger partial charge on any atom is 0.323 e. The van der Waals surface area contributed by atoms with Gasteiger partial charge in [-0.05, 0) is 86.3 Å². The first kappa shape index (κ1) is 22.3. The first-order valence-electron chi connectivity index (χ1n) is 11.0. The lowest BCUT2D eigenvalue weighted by Gasteiger charge is -2.23. The van der Waals surface area contributed by atoms with Gasteiger partial charge in [0, 0.05) is 30.0 Å². The molecule has 3 N–H and O–H groups in total. The average molecular weight is 447 g/mol. The Hall–Kier alpha value is -3.87. The molecule has 0 radical (unpaired) electrons. The van der Waals surface area contributed by atoms with Gasteiger partial charge in [0.05, 0.1) is 11.4 Å². The standard InChI is InChI=1S/C26H27FN4O2/c1-17-6-5-7-22(18(17)2)29-26(33)30-23-16-21(12-13-24(23)31-14-3-4-15-31)28-25(32)19-8-10-20(27)11-9-19/h5-13,16H,3-4,14-15H2,1-2H3,(H,28,32)(H2,29,30,33). The van der Waals surface area contributed by atoms with Gasteiger partial charge in [-0.3, -0.25) is 4.79 Å². The van der Waals surface area contributed by atoms with Crippen molar-refractivity contribution in [2.45, 2.75) is 26.7 Å². The predicted octanol–water partition coefficient (Wildman–Crippen LogP) is 5.94. The molecule has 1 saturated heterocycles. The Kier molecular flexibility index (Phi) is 6.58. The number of hydrogen-bond acceptors (Lipinski definition) is 3. The number of rotatable bonds is 5. The van der Waals surface area contributed by atoms with E-state index >= 15 is 0 Å². The Morgan fingerprint density at radius 1 is 0.848 bits per heavy atom. The number of hydrogen-bond donors (Lipinski definition) is 3. The first-order chi connectivity index (χ1) is 15.9. The lowest BCUT2D eigenvalue weighted by atomic mass is 10.1. The molecule has 0 saturated carbocycles. The first-order valence-corrected chi connectivity index (χ1v) is 11.0. The van der Waals surface area contributed by atoms with Gasteiger partial charge in [0.25, 0.3) is 5.91 Å². The number of benzene rings is 3. The molecule has 170 valence electrons. The fourth-order valence-corrected chi connectivity index (χ4v) is 3.91. The van der Waals surface area contributed by atoms with E-state index in [9.17, 15) is 14.0 Å². The summed E-state index contributed by atoms with van der Waals surface area (Å²) in [5.41, 5.74) is 5.25. The third kappa shape index (κ3) is 5.31. The highest BCUT2D eigenvalue weighted by Gasteiger charge is 2.18. The topological polar surface area (TPSA) is 73.5 Å². The van der Waals surface area contributed by atoms with Crippen LogP contribution in [0.15, 0.2) is 60.7 Å². The number of halogens is 1. The molecule has 1 aliphatic heterocycles. The Bertz CT molecular complexity index is 1170. The number of nitrogens with one attached hydrogen (secondary N) is 3. The van der Waals surface area contributed by atoms with Crippen LogP contribution in [0.1, 0.15) is 34.3 Å². The van der Waals surface area contributed by atoms with Crippen molar-refractivity contribution in [2.24, 2.45) is 0 Å². The molecule has 0 aliphatic carbocycles. The van der Waals surface area contributed by atoms with Crippen molar-refractivity contribution in [1.82, 2.24) is 0 Å². The van der Waals surface area contributed by atoms with Crippen LogP contribution in [-0.2, 0) is 0 Å². The molecule has 1 fully saturated rings. The van der Waals surface area contributed by atoms with Crippen LogP contribution in [-0.4, -0.2) is 25.0 Å². The number of carbonyl (C=O) groups excluding carboxylic acids is 2. The quantitative estimate of drug-likeness (QED) is 0.454. The summed E-state index contributed by atoms with van der Waals surface area (Å²) in [6.45, 7) is 5.78. The lowest BCUT2D eigenvalue weighted by Crippen LogP contribution is -2.24. The Morgan fingerprint density at radius 2 is 1.55 bits per heavy atom. The number of urea groups is 1. The zero-order valence-electron chi connectivity index (χ0n) is 18.7. The van der Waals surface area contributed by atoms with Crippen LogP contribution in [0.4, 0.5) is 31.9 Å². The largest absolute Gasteiger partial charge is 0.370 e. The average Bonchev–Trinajstić information content (AvgIpc) is 3.32. The Labute approximate surface area is 192 Å². The highest BCUT2D eigenvalue weighted by atomic mass is 19.1. The molecule has 1 heterocycles. The monoisotopic (exact) mass is 446 g/mol. The molecule has 1 aliphatic rings. The molecule has 4 rings (SSSR count). The van der Waals surface area contributed by atoms with Crippen LogP contribution in [0.2, 0.25) is 0 Å². The zero-order chi connectivity index (χ0) is 23.4. The number of carbonyl (C=O) groups is 2. The second kappa shape index (κ2) is 9.73. The molecule has 7 heteroatoms. The fourth-order valence-electron chi connectivity index (χ4n) is 3.91. The molecule has 33 heavy (non-hydrogen) atoms. The minimum absolute atomic E-state index is 0.349. The number of amides is 3. The van der Waals surface area contributed by atoms with Gasteiger partial charge in [0.1, 0.15) is 5.82 Å². The number of anilines is 4. The summed E-state index contributed by atoms with van der Waals surface area (Å²) in [4.78, 5) is 27.6. The van der Waals surface area contributed by atoms with E-state index in [4.69, 9.17) is 0 Å². The molecule has 3 amide bonds. The van der Waals surface area contributed by atoms with Crippen molar-refractivity contribution in [3.05, 3.63) is 83.2 Å². The van der Waals surface area contributed by atoms with Crippen molar-refractivity contribution in [3.8, 4) is 0 Å². The Balaban J connectivity index is 1.56. The van der Waals surface area contributed by atoms with Crippen molar-refractivity contribution in [1.29, 1.82) is 0 Å². The molecule has 3 aromatic rings. The molecule has 3 aromatic carbocycles. The minimum Gasteiger partial charge on any atom is -0.370 e. The van der Waals surface area contributed by atoms with Crippen LogP contribution in [0.3, 0.4) is 0 Å². The molecule has 0 atom stereocenters. The van der Waals surface area contributed by atoms with Gasteiger partial charge >= 0.3 is 6.03 Å². The molecular formula is C26H27FN4O2. The van der Waals surface area contributed by atoms with E-state index in [1.54, 1.807) is 6.07 Å². The van der Waals surface area contributed by atoms with Gasteiger partial charge in [0.2, 0.25) is 0 Å². The van der Waals surface area contributed by atoms with Crippen LogP contribution in [0.25, 0.3) is 0 Å². The summed E-state index contributed by atoms with van der Waals surface area (Å²) in [7, 11) is 0. The lowest BCUT2D eigenvalue weighted by molar-refractivity contribution is 0.102. The summed E-state index contributed by atoms with van der Waals surface area (Å²) in [5, 5.41) is 8.69. The van der Waals surface area contributed by atoms with Gasteiger partial charge in [-0.2, -0.15) is 0 Å². The van der Waals surface area contributed by atoms with Crippen LogP contribution >= 0.6 is 0 Å². The van der Waals surface area contributed by atoms with Crippen molar-refractivity contribution in [3.63, 3.8) is 0 Å². The zero-order valence-corrected chi connectivity index (χ0v) is 18.7. The van der Waals surface area contributed by atoms with Gasteiger partial charge < -0.3 is 20.9 Å². The van der Waals surface area contributed by atoms with E-state index in [-0.39, 0.29) is 11.9 Å². The van der Waals surface area contributed by atoms with Gasteiger partial charge in [-0.15, -0.1) is 0 Å². The number of nitrogens with zero attached hydrogens (tertiary/aromatic N) is 1. The van der Waals surface area contributed by atoms with Crippen LogP contribution in [0.5, 0.6) is 0 Å². The normalized spacial score (nSPS) is 13.0. The molecule has 0 unspecified atom stereocenters. The third-order valence-corrected chi connectivity index (χ3v) is 5.91. The maximum atomic E-state index is 13.2. The SMILES string of the molecule is Cc1cccc(NC(=O)Nc2cc(NC(=O)c3ccc(F)cc3)ccc2N2CCCC2)c1C. The van der Waals surface area contributed by atoms with E-state index < -0.39 is 5.82 Å². The highest BCUT2D eigenvalue weighted by Crippen LogP contribution is 2.32. The predicted molar refractivity (Wildman–Crippen MR) is 131 cm³/mol. The van der Waals surface area contributed by atoms with Gasteiger partial charge in [0.15, 0.2) is 0 Å². The van der Waals surface area contributed by atoms with Crippen LogP contribution < -0.4 is 20.9 Å². The maximum absolute atomic E-state index is 13.2. The van der Waals surface area contributed by atoms with Crippen molar-refractivity contribution >= 4 is 34.7 Å². The van der Waals surface area contributed by atoms with E-state index in [1.165, 1.54) is 24.3 Å². The van der Waals surface area contributed by atoms with Crippen LogP contribution in [0, 0.1) is 19.7 Å². The van der Waals surface area contributed by atoms with E-state index in [2.05, 4.69) is 20.9 Å². The Morgan fingerprint density at radius 3 is 2.27 bits per heavy atom. The summed E-state index contributed by atoms with van der Waals surface area (Å²) < 4.78 is 13.2. The van der Waals surface area contributed by atoms with Crippen molar-refractivity contribution in [2.75, 3.05) is 33.9 Å². The summed E-state index contributed by atoms with van der Waals surface area (Å²) in [6.07, 6.45) is 2.19. The molecule has 0 aromatic heterocycles. The summed E-state index contributed by atoms with van der Waals surface area (Å²) in [5.74, 6) is -0.752. The third-order valence-electron chi connectivity index (χ3n) is 5.91. The van der Waals surface area contributed by atoms with Gasteiger partial charge in [-0.25, -0.2) is 9.18 Å². The molecule has 6 nitrogen and oxygen atoms in total. The minimum atomic E-state index is -0.400. The highest BCUT2D eigenvalue weighted by molar-refractivity contribution is 6.06. The molecular weight excluding hydrogens is 419 g/mol. The van der Waals surface area contributed by atoms with E-state index in [1.807, 2.05) is 44.2 Å². The second-order valence-electron chi connectivity index (χ2n) is 8.21. The smallest absolute Gasteiger partial charge is 0.323 e. The summed E-state index contributed by atoms with van der Waals surface area (Å²) in [6, 6.07) is 16.2. The fraction of sp³-hybridized carbons (Fsp3) is 0.231. The number of aryl methyl sites for hydroxylation is 1. The van der Waals surface area contributed by atoms with Crippen molar-refractivity contribution < 1.29 is 14.0 Å². The molecule has 0 bridgehead atoms. The second-order valence-corrected chi connectivity index (χ2v) is 8.21. The summed E-state index contributed by atoms with van der Waals surface area (Å²) >= 11 is 0. The van der Waals surface area contributed by atoms with Gasteiger partial charge in [-0.1, -0.05) is 12.1 Å². The molecule has 0 spiro atoms. The van der Waals surface area contributed by atoms with E-state index in [0.717, 1.165) is 48.4 Å². The van der Waals surface area contributed by atoms with E-state index in [0.29, 0.717) is 16.9 Å².